The molecule has 1 fully saturated rings. The minimum Gasteiger partial charge on any atom is -0.481 e. The molecule has 0 amide bonds. The molecule has 6 N–H and O–H groups in total. The highest BCUT2D eigenvalue weighted by Gasteiger charge is 2.46. The molecule has 0 unspecified atom stereocenters. The molecule has 1 aliphatic heterocycles. The Labute approximate surface area is 79.7 Å². The number of carbonyl (C=O) groups is 1. The lowest BCUT2D eigenvalue weighted by Crippen LogP contribution is -2.60. The van der Waals surface area contributed by atoms with Crippen molar-refractivity contribution >= 4 is 5.97 Å². The number of aliphatic carboxylic acids is 1. The molecule has 14 heavy (non-hydrogen) atoms. The third-order valence-corrected chi connectivity index (χ3v) is 2.25. The second-order valence-corrected chi connectivity index (χ2v) is 3.17. The van der Waals surface area contributed by atoms with E-state index in [2.05, 4.69) is 0 Å². The fourth-order valence-corrected chi connectivity index (χ4v) is 1.43. The quantitative estimate of drug-likeness (QED) is 0.327. The Balaban J connectivity index is 2.79. The van der Waals surface area contributed by atoms with E-state index >= 15 is 0 Å². The molecular formula is C7H13NO6. The van der Waals surface area contributed by atoms with Crippen LogP contribution >= 0.6 is 0 Å². The van der Waals surface area contributed by atoms with Crippen LogP contribution in [0, 0.1) is 5.92 Å². The summed E-state index contributed by atoms with van der Waals surface area (Å²) in [6, 6.07) is 0. The standard InChI is InChI=1S/C7H13NO6/c8-6-3(7(12)13)5(11)4(10)2(1-9)14-6/h2-6,9-11H,1,8H2,(H,12,13)/t2-,3-,4-,5-,6+/m1/s1. The number of hydrogen-bond donors (Lipinski definition) is 5. The first-order valence-corrected chi connectivity index (χ1v) is 4.10. The molecule has 7 heteroatoms. The number of nitrogens with two attached hydrogens (primary N) is 1. The Hall–Kier alpha value is -0.730. The normalized spacial score (nSPS) is 43.6. The Morgan fingerprint density at radius 1 is 1.36 bits per heavy atom. The third kappa shape index (κ3) is 1.86. The second kappa shape index (κ2) is 4.20. The molecule has 1 aliphatic rings. The molecule has 1 saturated heterocycles. The van der Waals surface area contributed by atoms with Crippen LogP contribution in [0.3, 0.4) is 0 Å². The van der Waals surface area contributed by atoms with Crippen LogP contribution in [-0.2, 0) is 9.53 Å². The van der Waals surface area contributed by atoms with Crippen molar-refractivity contribution in [3.05, 3.63) is 0 Å². The summed E-state index contributed by atoms with van der Waals surface area (Å²) in [7, 11) is 0. The summed E-state index contributed by atoms with van der Waals surface area (Å²) in [5, 5.41) is 36.1. The summed E-state index contributed by atoms with van der Waals surface area (Å²) in [5.74, 6) is -2.73. The largest absolute Gasteiger partial charge is 0.481 e. The van der Waals surface area contributed by atoms with Crippen LogP contribution in [0.2, 0.25) is 0 Å². The summed E-state index contributed by atoms with van der Waals surface area (Å²) in [6.45, 7) is -0.529. The maximum absolute atomic E-state index is 10.6. The van der Waals surface area contributed by atoms with Crippen LogP contribution in [0.25, 0.3) is 0 Å². The van der Waals surface area contributed by atoms with E-state index in [1.165, 1.54) is 0 Å². The van der Waals surface area contributed by atoms with Crippen LogP contribution in [0.1, 0.15) is 0 Å². The molecule has 0 aromatic rings. The topological polar surface area (TPSA) is 133 Å². The number of carboxylic acid groups (broad SMARTS) is 1. The van der Waals surface area contributed by atoms with Gasteiger partial charge in [-0.3, -0.25) is 4.79 Å². The van der Waals surface area contributed by atoms with E-state index in [1.54, 1.807) is 0 Å². The smallest absolute Gasteiger partial charge is 0.313 e. The van der Waals surface area contributed by atoms with Gasteiger partial charge in [-0.05, 0) is 0 Å². The maximum atomic E-state index is 10.6. The van der Waals surface area contributed by atoms with Crippen molar-refractivity contribution in [1.29, 1.82) is 0 Å². The highest BCUT2D eigenvalue weighted by atomic mass is 16.5. The van der Waals surface area contributed by atoms with Gasteiger partial charge in [-0.25, -0.2) is 0 Å². The number of carboxylic acids is 1. The molecule has 0 radical (unpaired) electrons. The highest BCUT2D eigenvalue weighted by Crippen LogP contribution is 2.23. The van der Waals surface area contributed by atoms with E-state index in [4.69, 9.17) is 20.7 Å². The van der Waals surface area contributed by atoms with Crippen molar-refractivity contribution in [1.82, 2.24) is 0 Å². The Morgan fingerprint density at radius 3 is 2.36 bits per heavy atom. The third-order valence-electron chi connectivity index (χ3n) is 2.25. The van der Waals surface area contributed by atoms with Crippen molar-refractivity contribution in [3.8, 4) is 0 Å². The van der Waals surface area contributed by atoms with E-state index in [0.717, 1.165) is 0 Å². The Morgan fingerprint density at radius 2 is 1.93 bits per heavy atom. The molecule has 0 bridgehead atoms. The van der Waals surface area contributed by atoms with Crippen LogP contribution in [-0.4, -0.2) is 57.5 Å². The van der Waals surface area contributed by atoms with Crippen molar-refractivity contribution < 1.29 is 30.0 Å². The van der Waals surface area contributed by atoms with Gasteiger partial charge in [0, 0.05) is 0 Å². The molecule has 1 heterocycles. The Kier molecular flexibility index (Phi) is 3.40. The molecular weight excluding hydrogens is 194 g/mol. The molecule has 0 spiro atoms. The summed E-state index contributed by atoms with van der Waals surface area (Å²) in [6.07, 6.45) is -5.26. The van der Waals surface area contributed by atoms with Gasteiger partial charge >= 0.3 is 5.97 Å². The van der Waals surface area contributed by atoms with Crippen LogP contribution in [0.15, 0.2) is 0 Å². The van der Waals surface area contributed by atoms with Crippen molar-refractivity contribution in [2.24, 2.45) is 11.7 Å². The molecule has 0 aromatic carbocycles. The first-order valence-electron chi connectivity index (χ1n) is 4.10. The predicted octanol–water partition coefficient (Wildman–Crippen LogP) is -2.92. The molecule has 0 aromatic heterocycles. The molecule has 5 atom stereocenters. The van der Waals surface area contributed by atoms with Crippen LogP contribution in [0.4, 0.5) is 0 Å². The van der Waals surface area contributed by atoms with Gasteiger partial charge in [-0.2, -0.15) is 0 Å². The van der Waals surface area contributed by atoms with E-state index in [1.807, 2.05) is 0 Å². The number of aliphatic hydroxyl groups is 3. The molecule has 1 rings (SSSR count). The molecule has 82 valence electrons. The zero-order valence-electron chi connectivity index (χ0n) is 7.28. The lowest BCUT2D eigenvalue weighted by Gasteiger charge is -2.38. The number of ether oxygens (including phenoxy) is 1. The number of aliphatic hydroxyl groups excluding tert-OH is 3. The zero-order chi connectivity index (χ0) is 10.9. The molecule has 0 aliphatic carbocycles. The first-order chi connectivity index (χ1) is 6.49. The van der Waals surface area contributed by atoms with Crippen LogP contribution < -0.4 is 5.73 Å². The molecule has 0 saturated carbocycles. The van der Waals surface area contributed by atoms with E-state index in [-0.39, 0.29) is 0 Å². The number of rotatable bonds is 2. The summed E-state index contributed by atoms with van der Waals surface area (Å²) >= 11 is 0. The van der Waals surface area contributed by atoms with Gasteiger partial charge in [-0.1, -0.05) is 0 Å². The van der Waals surface area contributed by atoms with Gasteiger partial charge in [0.2, 0.25) is 0 Å². The van der Waals surface area contributed by atoms with E-state index < -0.39 is 43.0 Å². The minimum absolute atomic E-state index is 0.529. The Bertz CT molecular complexity index is 222. The number of hydrogen-bond acceptors (Lipinski definition) is 6. The second-order valence-electron chi connectivity index (χ2n) is 3.17. The zero-order valence-corrected chi connectivity index (χ0v) is 7.28. The summed E-state index contributed by atoms with van der Waals surface area (Å²) in [5.41, 5.74) is 5.31. The molecule has 7 nitrogen and oxygen atoms in total. The van der Waals surface area contributed by atoms with Gasteiger partial charge in [0.1, 0.15) is 24.4 Å². The highest BCUT2D eigenvalue weighted by molar-refractivity contribution is 5.71. The van der Waals surface area contributed by atoms with Gasteiger partial charge in [0.05, 0.1) is 12.7 Å². The predicted molar refractivity (Wildman–Crippen MR) is 43.1 cm³/mol. The minimum atomic E-state index is -1.53. The van der Waals surface area contributed by atoms with Crippen molar-refractivity contribution in [3.63, 3.8) is 0 Å². The summed E-state index contributed by atoms with van der Waals surface area (Å²) in [4.78, 5) is 10.6. The van der Waals surface area contributed by atoms with Crippen LogP contribution in [0.5, 0.6) is 0 Å². The fourth-order valence-electron chi connectivity index (χ4n) is 1.43. The average Bonchev–Trinajstić information content (AvgIpc) is 2.10. The van der Waals surface area contributed by atoms with Gasteiger partial charge < -0.3 is 30.9 Å². The lowest BCUT2D eigenvalue weighted by atomic mass is 9.90. The maximum Gasteiger partial charge on any atom is 0.313 e. The fraction of sp³-hybridized carbons (Fsp3) is 0.857. The van der Waals surface area contributed by atoms with Gasteiger partial charge in [-0.15, -0.1) is 0 Å². The van der Waals surface area contributed by atoms with Gasteiger partial charge in [0.25, 0.3) is 0 Å². The van der Waals surface area contributed by atoms with Gasteiger partial charge in [0.15, 0.2) is 0 Å². The monoisotopic (exact) mass is 207 g/mol. The lowest BCUT2D eigenvalue weighted by molar-refractivity contribution is -0.214. The average molecular weight is 207 g/mol. The first kappa shape index (κ1) is 11.3. The van der Waals surface area contributed by atoms with E-state index in [0.29, 0.717) is 0 Å². The summed E-state index contributed by atoms with van der Waals surface area (Å²) < 4.78 is 4.83. The SMILES string of the molecule is N[C@H]1O[C@H](CO)[C@@H](O)[C@H](O)[C@H]1C(=O)O. The van der Waals surface area contributed by atoms with Crippen molar-refractivity contribution in [2.75, 3.05) is 6.61 Å². The van der Waals surface area contributed by atoms with E-state index in [9.17, 15) is 15.0 Å². The van der Waals surface area contributed by atoms with Crippen molar-refractivity contribution in [2.45, 2.75) is 24.5 Å².